The maximum atomic E-state index is 12.4. The number of alkyl halides is 1. The molecule has 1 aliphatic heterocycles. The Morgan fingerprint density at radius 2 is 2.39 bits per heavy atom. The Hall–Kier alpha value is 0.190. The highest BCUT2D eigenvalue weighted by Gasteiger charge is 2.31. The molecule has 7 heteroatoms. The van der Waals surface area contributed by atoms with E-state index in [0.717, 1.165) is 0 Å². The van der Waals surface area contributed by atoms with Crippen LogP contribution < -0.4 is 0 Å². The second kappa shape index (κ2) is 6.09. The van der Waals surface area contributed by atoms with E-state index in [2.05, 4.69) is 15.9 Å². The third-order valence-electron chi connectivity index (χ3n) is 2.83. The van der Waals surface area contributed by atoms with Crippen molar-refractivity contribution in [2.75, 3.05) is 18.5 Å². The Balaban J connectivity index is 2.19. The van der Waals surface area contributed by atoms with Crippen molar-refractivity contribution in [3.05, 3.63) is 20.3 Å². The number of nitrogens with zero attached hydrogens (tertiary/aromatic N) is 1. The van der Waals surface area contributed by atoms with E-state index in [-0.39, 0.29) is 18.1 Å². The smallest absolute Gasteiger partial charge is 0.256 e. The van der Waals surface area contributed by atoms with E-state index in [1.54, 1.807) is 11.0 Å². The van der Waals surface area contributed by atoms with Crippen molar-refractivity contribution in [1.82, 2.24) is 4.90 Å². The number of halogens is 3. The molecule has 1 saturated heterocycles. The number of ether oxygens (including phenoxy) is 1. The van der Waals surface area contributed by atoms with Gasteiger partial charge in [0.05, 0.1) is 28.7 Å². The first-order valence-corrected chi connectivity index (χ1v) is 8.15. The first-order chi connectivity index (χ1) is 8.52. The molecule has 0 saturated carbocycles. The third kappa shape index (κ3) is 3.02. The molecule has 0 aromatic carbocycles. The van der Waals surface area contributed by atoms with Gasteiger partial charge in [0.15, 0.2) is 0 Å². The molecule has 1 amide bonds. The first-order valence-electron chi connectivity index (χ1n) is 5.46. The SMILES string of the molecule is CC1COC(CBr)CN1C(=O)c1cc(Cl)sc1Cl. The normalized spacial score (nSPS) is 24.3. The van der Waals surface area contributed by atoms with Crippen LogP contribution in [0.4, 0.5) is 0 Å². The molecule has 1 aromatic rings. The molecule has 0 radical (unpaired) electrons. The zero-order chi connectivity index (χ0) is 13.3. The number of thiophene rings is 1. The number of carbonyl (C=O) groups is 1. The van der Waals surface area contributed by atoms with Crippen LogP contribution in [-0.2, 0) is 4.74 Å². The van der Waals surface area contributed by atoms with Gasteiger partial charge in [-0.25, -0.2) is 0 Å². The van der Waals surface area contributed by atoms with Crippen molar-refractivity contribution in [3.63, 3.8) is 0 Å². The van der Waals surface area contributed by atoms with E-state index < -0.39 is 0 Å². The summed E-state index contributed by atoms with van der Waals surface area (Å²) in [7, 11) is 0. The molecule has 18 heavy (non-hydrogen) atoms. The van der Waals surface area contributed by atoms with E-state index in [9.17, 15) is 4.79 Å². The van der Waals surface area contributed by atoms with Crippen molar-refractivity contribution in [1.29, 1.82) is 0 Å². The zero-order valence-corrected chi connectivity index (χ0v) is 13.6. The molecule has 1 fully saturated rings. The van der Waals surface area contributed by atoms with Crippen molar-refractivity contribution >= 4 is 56.4 Å². The number of carbonyl (C=O) groups excluding carboxylic acids is 1. The van der Waals surface area contributed by atoms with Crippen LogP contribution >= 0.6 is 50.5 Å². The van der Waals surface area contributed by atoms with Gasteiger partial charge in [0.25, 0.3) is 5.91 Å². The average molecular weight is 373 g/mol. The molecule has 2 atom stereocenters. The van der Waals surface area contributed by atoms with Crippen molar-refractivity contribution in [3.8, 4) is 0 Å². The molecule has 2 unspecified atom stereocenters. The molecule has 100 valence electrons. The van der Waals surface area contributed by atoms with Crippen molar-refractivity contribution in [2.45, 2.75) is 19.1 Å². The predicted molar refractivity (Wildman–Crippen MR) is 78.4 cm³/mol. The summed E-state index contributed by atoms with van der Waals surface area (Å²) < 4.78 is 6.57. The second-order valence-electron chi connectivity index (χ2n) is 4.15. The van der Waals surface area contributed by atoms with Gasteiger partial charge in [0.1, 0.15) is 4.34 Å². The summed E-state index contributed by atoms with van der Waals surface area (Å²) in [6.07, 6.45) is 0.0260. The van der Waals surface area contributed by atoms with Crippen LogP contribution in [0.2, 0.25) is 8.67 Å². The molecular weight excluding hydrogens is 361 g/mol. The Kier molecular flexibility index (Phi) is 4.94. The van der Waals surface area contributed by atoms with Crippen LogP contribution in [0.1, 0.15) is 17.3 Å². The van der Waals surface area contributed by atoms with E-state index in [0.29, 0.717) is 32.7 Å². The van der Waals surface area contributed by atoms with Crippen LogP contribution in [0.3, 0.4) is 0 Å². The molecule has 0 aliphatic carbocycles. The van der Waals surface area contributed by atoms with Crippen molar-refractivity contribution in [2.24, 2.45) is 0 Å². The first kappa shape index (κ1) is 14.6. The molecular formula is C11H12BrCl2NO2S. The summed E-state index contributed by atoms with van der Waals surface area (Å²) in [5.41, 5.74) is 0.480. The quantitative estimate of drug-likeness (QED) is 0.741. The Morgan fingerprint density at radius 1 is 1.67 bits per heavy atom. The third-order valence-corrected chi connectivity index (χ3v) is 5.04. The Morgan fingerprint density at radius 3 is 2.94 bits per heavy atom. The van der Waals surface area contributed by atoms with E-state index in [1.807, 2.05) is 6.92 Å². The lowest BCUT2D eigenvalue weighted by Gasteiger charge is -2.37. The maximum Gasteiger partial charge on any atom is 0.256 e. The predicted octanol–water partition coefficient (Wildman–Crippen LogP) is 3.68. The van der Waals surface area contributed by atoms with E-state index >= 15 is 0 Å². The summed E-state index contributed by atoms with van der Waals surface area (Å²) in [5.74, 6) is -0.0788. The minimum atomic E-state index is -0.0788. The van der Waals surface area contributed by atoms with Gasteiger partial charge in [0, 0.05) is 11.9 Å². The van der Waals surface area contributed by atoms with Gasteiger partial charge >= 0.3 is 0 Å². The molecule has 0 spiro atoms. The average Bonchev–Trinajstić information content (AvgIpc) is 2.68. The summed E-state index contributed by atoms with van der Waals surface area (Å²) in [4.78, 5) is 14.2. The molecule has 2 rings (SSSR count). The number of morpholine rings is 1. The number of amides is 1. The fraction of sp³-hybridized carbons (Fsp3) is 0.545. The lowest BCUT2D eigenvalue weighted by atomic mass is 10.1. The monoisotopic (exact) mass is 371 g/mol. The van der Waals surface area contributed by atoms with Crippen LogP contribution in [0.15, 0.2) is 6.07 Å². The highest BCUT2D eigenvalue weighted by Crippen LogP contribution is 2.32. The van der Waals surface area contributed by atoms with Gasteiger partial charge in [-0.1, -0.05) is 39.1 Å². The van der Waals surface area contributed by atoms with Gasteiger partial charge in [-0.2, -0.15) is 0 Å². The number of rotatable bonds is 2. The Labute approximate surface area is 128 Å². The van der Waals surface area contributed by atoms with Gasteiger partial charge in [-0.15, -0.1) is 11.3 Å². The molecule has 0 N–H and O–H groups in total. The molecule has 2 heterocycles. The van der Waals surface area contributed by atoms with Crippen LogP contribution in [0, 0.1) is 0 Å². The summed E-state index contributed by atoms with van der Waals surface area (Å²) in [6.45, 7) is 3.07. The fourth-order valence-corrected chi connectivity index (χ4v) is 3.67. The molecule has 1 aliphatic rings. The summed E-state index contributed by atoms with van der Waals surface area (Å²) in [6, 6.07) is 1.67. The van der Waals surface area contributed by atoms with Gasteiger partial charge in [-0.05, 0) is 13.0 Å². The lowest BCUT2D eigenvalue weighted by Crippen LogP contribution is -2.51. The molecule has 1 aromatic heterocycles. The minimum absolute atomic E-state index is 0.0260. The summed E-state index contributed by atoms with van der Waals surface area (Å²) >= 11 is 16.5. The van der Waals surface area contributed by atoms with Crippen molar-refractivity contribution < 1.29 is 9.53 Å². The van der Waals surface area contributed by atoms with Gasteiger partial charge in [0.2, 0.25) is 0 Å². The van der Waals surface area contributed by atoms with Crippen LogP contribution in [0.5, 0.6) is 0 Å². The Bertz CT molecular complexity index is 454. The summed E-state index contributed by atoms with van der Waals surface area (Å²) in [5, 5.41) is 0.710. The van der Waals surface area contributed by atoms with E-state index in [4.69, 9.17) is 27.9 Å². The highest BCUT2D eigenvalue weighted by atomic mass is 79.9. The lowest BCUT2D eigenvalue weighted by molar-refractivity contribution is -0.0361. The van der Waals surface area contributed by atoms with E-state index in [1.165, 1.54) is 11.3 Å². The number of hydrogen-bond acceptors (Lipinski definition) is 3. The van der Waals surface area contributed by atoms with Gasteiger partial charge in [-0.3, -0.25) is 4.79 Å². The highest BCUT2D eigenvalue weighted by molar-refractivity contribution is 9.09. The zero-order valence-electron chi connectivity index (χ0n) is 9.66. The van der Waals surface area contributed by atoms with Gasteiger partial charge < -0.3 is 9.64 Å². The second-order valence-corrected chi connectivity index (χ2v) is 7.09. The topological polar surface area (TPSA) is 29.5 Å². The van der Waals surface area contributed by atoms with Crippen LogP contribution in [-0.4, -0.2) is 41.4 Å². The van der Waals surface area contributed by atoms with Crippen LogP contribution in [0.25, 0.3) is 0 Å². The molecule has 3 nitrogen and oxygen atoms in total. The maximum absolute atomic E-state index is 12.4. The standard InChI is InChI=1S/C11H12BrCl2NO2S/c1-6-5-17-7(3-12)4-15(6)11(16)8-2-9(13)18-10(8)14/h2,6-7H,3-5H2,1H3. The number of hydrogen-bond donors (Lipinski definition) is 0. The largest absolute Gasteiger partial charge is 0.373 e. The minimum Gasteiger partial charge on any atom is -0.373 e. The molecule has 0 bridgehead atoms. The fourth-order valence-electron chi connectivity index (χ4n) is 1.83.